The van der Waals surface area contributed by atoms with Gasteiger partial charge in [0.25, 0.3) is 5.91 Å². The SMILES string of the molecule is COc1ccc(C(=O)N2CCN(Cc3ncn[nH]3)CC2)c(F)c1F. The lowest BCUT2D eigenvalue weighted by atomic mass is 10.1. The number of H-pyrrole nitrogens is 1. The molecule has 24 heavy (non-hydrogen) atoms. The third-order valence-corrected chi connectivity index (χ3v) is 3.99. The monoisotopic (exact) mass is 337 g/mol. The van der Waals surface area contributed by atoms with Crippen LogP contribution in [-0.4, -0.2) is 64.2 Å². The van der Waals surface area contributed by atoms with E-state index in [1.807, 2.05) is 0 Å². The Morgan fingerprint density at radius 3 is 2.62 bits per heavy atom. The Kier molecular flexibility index (Phi) is 4.70. The summed E-state index contributed by atoms with van der Waals surface area (Å²) in [7, 11) is 1.24. The summed E-state index contributed by atoms with van der Waals surface area (Å²) in [6.45, 7) is 2.70. The van der Waals surface area contributed by atoms with Gasteiger partial charge in [0, 0.05) is 26.2 Å². The molecule has 1 amide bonds. The van der Waals surface area contributed by atoms with Gasteiger partial charge in [-0.05, 0) is 12.1 Å². The highest BCUT2D eigenvalue weighted by molar-refractivity contribution is 5.94. The number of carbonyl (C=O) groups is 1. The van der Waals surface area contributed by atoms with Crippen LogP contribution >= 0.6 is 0 Å². The fourth-order valence-corrected chi connectivity index (χ4v) is 2.65. The maximum absolute atomic E-state index is 14.1. The molecule has 0 bridgehead atoms. The predicted molar refractivity (Wildman–Crippen MR) is 80.5 cm³/mol. The van der Waals surface area contributed by atoms with Crippen LogP contribution in [0.25, 0.3) is 0 Å². The Morgan fingerprint density at radius 1 is 1.25 bits per heavy atom. The summed E-state index contributed by atoms with van der Waals surface area (Å²) in [5.74, 6) is -2.32. The van der Waals surface area contributed by atoms with Gasteiger partial charge in [0.15, 0.2) is 11.6 Å². The average Bonchev–Trinajstić information content (AvgIpc) is 3.10. The van der Waals surface area contributed by atoms with E-state index in [2.05, 4.69) is 20.1 Å². The van der Waals surface area contributed by atoms with Crippen molar-refractivity contribution in [1.29, 1.82) is 0 Å². The number of nitrogens with one attached hydrogen (secondary N) is 1. The first kappa shape index (κ1) is 16.3. The normalized spacial score (nSPS) is 15.5. The fourth-order valence-electron chi connectivity index (χ4n) is 2.65. The van der Waals surface area contributed by atoms with Gasteiger partial charge in [-0.2, -0.15) is 9.49 Å². The van der Waals surface area contributed by atoms with E-state index in [1.165, 1.54) is 30.5 Å². The molecular formula is C15H17F2N5O2. The summed E-state index contributed by atoms with van der Waals surface area (Å²) in [5.41, 5.74) is -0.281. The number of hydrogen-bond donors (Lipinski definition) is 1. The van der Waals surface area contributed by atoms with Crippen molar-refractivity contribution in [2.24, 2.45) is 0 Å². The van der Waals surface area contributed by atoms with Crippen molar-refractivity contribution in [3.8, 4) is 5.75 Å². The Labute approximate surface area is 137 Å². The molecule has 1 N–H and O–H groups in total. The number of nitrogens with zero attached hydrogens (tertiary/aromatic N) is 4. The first-order valence-corrected chi connectivity index (χ1v) is 7.48. The van der Waals surface area contributed by atoms with Crippen molar-refractivity contribution in [2.45, 2.75) is 6.54 Å². The lowest BCUT2D eigenvalue weighted by molar-refractivity contribution is 0.0620. The van der Waals surface area contributed by atoms with Crippen LogP contribution in [0, 0.1) is 11.6 Å². The number of benzene rings is 1. The number of ether oxygens (including phenoxy) is 1. The van der Waals surface area contributed by atoms with E-state index >= 15 is 0 Å². The standard InChI is InChI=1S/C15H17F2N5O2/c1-24-11-3-2-10(13(16)14(11)17)15(23)22-6-4-21(5-7-22)8-12-18-9-19-20-12/h2-3,9H,4-8H2,1H3,(H,18,19,20). The van der Waals surface area contributed by atoms with E-state index in [4.69, 9.17) is 4.74 Å². The highest BCUT2D eigenvalue weighted by atomic mass is 19.2. The van der Waals surface area contributed by atoms with E-state index in [0.717, 1.165) is 5.82 Å². The third kappa shape index (κ3) is 3.21. The molecule has 1 fully saturated rings. The summed E-state index contributed by atoms with van der Waals surface area (Å²) in [6, 6.07) is 2.51. The number of carbonyl (C=O) groups excluding carboxylic acids is 1. The van der Waals surface area contributed by atoms with Gasteiger partial charge in [-0.3, -0.25) is 14.8 Å². The number of piperazine rings is 1. The van der Waals surface area contributed by atoms with Crippen molar-refractivity contribution in [1.82, 2.24) is 25.0 Å². The molecule has 128 valence electrons. The molecule has 0 radical (unpaired) electrons. The minimum atomic E-state index is -1.18. The Morgan fingerprint density at radius 2 is 2.00 bits per heavy atom. The first-order valence-electron chi connectivity index (χ1n) is 7.48. The minimum absolute atomic E-state index is 0.221. The Balaban J connectivity index is 1.64. The van der Waals surface area contributed by atoms with Crippen LogP contribution in [0.2, 0.25) is 0 Å². The Hall–Kier alpha value is -2.55. The van der Waals surface area contributed by atoms with Gasteiger partial charge in [0.1, 0.15) is 12.2 Å². The fraction of sp³-hybridized carbons (Fsp3) is 0.400. The molecular weight excluding hydrogens is 320 g/mol. The van der Waals surface area contributed by atoms with Crippen molar-refractivity contribution in [3.05, 3.63) is 41.5 Å². The number of halogens is 2. The number of amides is 1. The number of aromatic amines is 1. The molecule has 1 aliphatic heterocycles. The minimum Gasteiger partial charge on any atom is -0.494 e. The molecule has 0 unspecified atom stereocenters. The summed E-state index contributed by atoms with van der Waals surface area (Å²) in [4.78, 5) is 20.1. The largest absolute Gasteiger partial charge is 0.494 e. The van der Waals surface area contributed by atoms with Gasteiger partial charge in [-0.1, -0.05) is 0 Å². The van der Waals surface area contributed by atoms with Gasteiger partial charge < -0.3 is 9.64 Å². The number of aromatic nitrogens is 3. The van der Waals surface area contributed by atoms with Crippen molar-refractivity contribution in [3.63, 3.8) is 0 Å². The molecule has 2 heterocycles. The molecule has 1 aromatic heterocycles. The second kappa shape index (κ2) is 6.91. The molecule has 0 aliphatic carbocycles. The van der Waals surface area contributed by atoms with Crippen LogP contribution in [0.5, 0.6) is 5.75 Å². The van der Waals surface area contributed by atoms with Gasteiger partial charge in [-0.25, -0.2) is 9.37 Å². The molecule has 1 saturated heterocycles. The summed E-state index contributed by atoms with van der Waals surface area (Å²) < 4.78 is 32.5. The first-order chi connectivity index (χ1) is 11.6. The molecule has 9 heteroatoms. The van der Waals surface area contributed by atoms with E-state index in [0.29, 0.717) is 32.7 Å². The van der Waals surface area contributed by atoms with Crippen LogP contribution < -0.4 is 4.74 Å². The molecule has 1 aliphatic rings. The van der Waals surface area contributed by atoms with E-state index in [-0.39, 0.29) is 11.3 Å². The second-order valence-corrected chi connectivity index (χ2v) is 5.44. The van der Waals surface area contributed by atoms with Crippen molar-refractivity contribution in [2.75, 3.05) is 33.3 Å². The van der Waals surface area contributed by atoms with E-state index in [9.17, 15) is 13.6 Å². The van der Waals surface area contributed by atoms with Gasteiger partial charge in [0.05, 0.1) is 19.2 Å². The molecule has 0 saturated carbocycles. The number of hydrogen-bond acceptors (Lipinski definition) is 5. The highest BCUT2D eigenvalue weighted by Gasteiger charge is 2.26. The smallest absolute Gasteiger partial charge is 0.257 e. The van der Waals surface area contributed by atoms with Gasteiger partial charge >= 0.3 is 0 Å². The topological polar surface area (TPSA) is 74.3 Å². The van der Waals surface area contributed by atoms with Crippen molar-refractivity contribution < 1.29 is 18.3 Å². The second-order valence-electron chi connectivity index (χ2n) is 5.44. The summed E-state index contributed by atoms with van der Waals surface area (Å²) in [5, 5.41) is 6.57. The highest BCUT2D eigenvalue weighted by Crippen LogP contribution is 2.23. The van der Waals surface area contributed by atoms with Crippen LogP contribution in [0.15, 0.2) is 18.5 Å². The van der Waals surface area contributed by atoms with Crippen LogP contribution in [0.4, 0.5) is 8.78 Å². The van der Waals surface area contributed by atoms with Gasteiger partial charge in [0.2, 0.25) is 5.82 Å². The van der Waals surface area contributed by atoms with Crippen LogP contribution in [0.3, 0.4) is 0 Å². The predicted octanol–water partition coefficient (Wildman–Crippen LogP) is 1.05. The van der Waals surface area contributed by atoms with Crippen LogP contribution in [-0.2, 0) is 6.54 Å². The maximum atomic E-state index is 14.1. The lowest BCUT2D eigenvalue weighted by Gasteiger charge is -2.34. The summed E-state index contributed by atoms with van der Waals surface area (Å²) in [6.07, 6.45) is 1.44. The van der Waals surface area contributed by atoms with Gasteiger partial charge in [-0.15, -0.1) is 0 Å². The number of rotatable bonds is 4. The zero-order valence-electron chi connectivity index (χ0n) is 13.1. The Bertz CT molecular complexity index is 715. The average molecular weight is 337 g/mol. The maximum Gasteiger partial charge on any atom is 0.257 e. The van der Waals surface area contributed by atoms with E-state index < -0.39 is 17.5 Å². The molecule has 2 aromatic rings. The molecule has 3 rings (SSSR count). The molecule has 7 nitrogen and oxygen atoms in total. The summed E-state index contributed by atoms with van der Waals surface area (Å²) >= 11 is 0. The third-order valence-electron chi connectivity index (χ3n) is 3.99. The zero-order valence-corrected chi connectivity index (χ0v) is 13.1. The number of methoxy groups -OCH3 is 1. The molecule has 0 spiro atoms. The van der Waals surface area contributed by atoms with E-state index in [1.54, 1.807) is 0 Å². The quantitative estimate of drug-likeness (QED) is 0.903. The lowest BCUT2D eigenvalue weighted by Crippen LogP contribution is -2.48. The molecule has 1 aromatic carbocycles. The molecule has 0 atom stereocenters. The van der Waals surface area contributed by atoms with Crippen LogP contribution in [0.1, 0.15) is 16.2 Å². The zero-order chi connectivity index (χ0) is 17.1. The van der Waals surface area contributed by atoms with Crippen molar-refractivity contribution >= 4 is 5.91 Å².